The third-order valence-corrected chi connectivity index (χ3v) is 9.77. The number of ether oxygens (including phenoxy) is 2. The second-order valence-corrected chi connectivity index (χ2v) is 12.8. The fourth-order valence-electron chi connectivity index (χ4n) is 7.35. The van der Waals surface area contributed by atoms with Gasteiger partial charge in [-0.3, -0.25) is 4.98 Å². The lowest BCUT2D eigenvalue weighted by atomic mass is 9.95. The number of nitrogens with zero attached hydrogens (tertiary/aromatic N) is 2. The van der Waals surface area contributed by atoms with Crippen molar-refractivity contribution in [3.63, 3.8) is 0 Å². The molecule has 0 saturated carbocycles. The van der Waals surface area contributed by atoms with Crippen LogP contribution in [-0.4, -0.2) is 9.55 Å². The molecule has 0 spiro atoms. The van der Waals surface area contributed by atoms with E-state index in [0.29, 0.717) is 0 Å². The number of hydrogen-bond acceptors (Lipinski definition) is 3. The van der Waals surface area contributed by atoms with E-state index in [0.717, 1.165) is 78.7 Å². The molecular formula is C47H30N2O2. The third-order valence-electron chi connectivity index (χ3n) is 9.77. The van der Waals surface area contributed by atoms with Crippen molar-refractivity contribution >= 4 is 21.8 Å². The van der Waals surface area contributed by atoms with E-state index >= 15 is 0 Å². The summed E-state index contributed by atoms with van der Waals surface area (Å²) in [7, 11) is 0. The predicted molar refractivity (Wildman–Crippen MR) is 207 cm³/mol. The SMILES string of the molecule is c1ccc(-n2c3ccccc3c3ccc(-c4ccc5c(c4)Oc4ccccc4-c4ccccc4Oc4cc(-c6cccnc6)ccc4-5)cc32)cc1. The molecule has 1 aliphatic heterocycles. The highest BCUT2D eigenvalue weighted by atomic mass is 16.5. The van der Waals surface area contributed by atoms with Crippen molar-refractivity contribution in [2.45, 2.75) is 0 Å². The van der Waals surface area contributed by atoms with Gasteiger partial charge in [0.05, 0.1) is 11.0 Å². The summed E-state index contributed by atoms with van der Waals surface area (Å²) in [6, 6.07) is 59.1. The Bertz CT molecular complexity index is 2750. The molecule has 0 radical (unpaired) electrons. The maximum Gasteiger partial charge on any atom is 0.136 e. The lowest BCUT2D eigenvalue weighted by Gasteiger charge is -2.22. The van der Waals surface area contributed by atoms with E-state index in [2.05, 4.69) is 137 Å². The maximum atomic E-state index is 6.97. The second-order valence-electron chi connectivity index (χ2n) is 12.8. The van der Waals surface area contributed by atoms with Crippen molar-refractivity contribution in [1.82, 2.24) is 9.55 Å². The predicted octanol–water partition coefficient (Wildman–Crippen LogP) is 12.7. The number of hydrogen-bond donors (Lipinski definition) is 0. The van der Waals surface area contributed by atoms with Crippen LogP contribution in [0.4, 0.5) is 0 Å². The van der Waals surface area contributed by atoms with Crippen molar-refractivity contribution in [1.29, 1.82) is 0 Å². The van der Waals surface area contributed by atoms with Gasteiger partial charge in [-0.05, 0) is 83.4 Å². The molecule has 10 rings (SSSR count). The molecule has 4 nitrogen and oxygen atoms in total. The summed E-state index contributed by atoms with van der Waals surface area (Å²) in [6.45, 7) is 0. The van der Waals surface area contributed by atoms with Gasteiger partial charge in [-0.25, -0.2) is 0 Å². The molecule has 0 atom stereocenters. The van der Waals surface area contributed by atoms with E-state index in [9.17, 15) is 0 Å². The van der Waals surface area contributed by atoms with Crippen molar-refractivity contribution in [2.24, 2.45) is 0 Å². The number of rotatable bonds is 3. The van der Waals surface area contributed by atoms with E-state index in [1.54, 1.807) is 6.20 Å². The number of aromatic nitrogens is 2. The van der Waals surface area contributed by atoms with Crippen LogP contribution in [-0.2, 0) is 0 Å². The van der Waals surface area contributed by atoms with Crippen molar-refractivity contribution in [2.75, 3.05) is 0 Å². The van der Waals surface area contributed by atoms with Gasteiger partial charge >= 0.3 is 0 Å². The van der Waals surface area contributed by atoms with E-state index in [1.165, 1.54) is 16.3 Å². The van der Waals surface area contributed by atoms with Crippen molar-refractivity contribution in [3.8, 4) is 73.2 Å². The number of benzene rings is 7. The van der Waals surface area contributed by atoms with Crippen molar-refractivity contribution in [3.05, 3.63) is 182 Å². The summed E-state index contributed by atoms with van der Waals surface area (Å²) in [5.74, 6) is 3.03. The Morgan fingerprint density at radius 3 is 1.61 bits per heavy atom. The normalized spacial score (nSPS) is 11.8. The summed E-state index contributed by atoms with van der Waals surface area (Å²) in [6.07, 6.45) is 3.67. The van der Waals surface area contributed by atoms with Gasteiger partial charge in [0.2, 0.25) is 0 Å². The monoisotopic (exact) mass is 654 g/mol. The van der Waals surface area contributed by atoms with Crippen LogP contribution in [0.25, 0.3) is 72.0 Å². The molecule has 7 aromatic carbocycles. The summed E-state index contributed by atoms with van der Waals surface area (Å²) >= 11 is 0. The minimum atomic E-state index is 0.745. The summed E-state index contributed by atoms with van der Waals surface area (Å²) in [4.78, 5) is 4.36. The molecule has 9 aromatic rings. The first-order valence-corrected chi connectivity index (χ1v) is 17.1. The molecule has 0 amide bonds. The van der Waals surface area contributed by atoms with Crippen LogP contribution in [0.2, 0.25) is 0 Å². The van der Waals surface area contributed by atoms with E-state index in [4.69, 9.17) is 9.47 Å². The zero-order valence-electron chi connectivity index (χ0n) is 27.5. The highest BCUT2D eigenvalue weighted by Gasteiger charge is 2.22. The van der Waals surface area contributed by atoms with Crippen LogP contribution in [0.5, 0.6) is 23.0 Å². The molecule has 240 valence electrons. The van der Waals surface area contributed by atoms with E-state index < -0.39 is 0 Å². The zero-order valence-corrected chi connectivity index (χ0v) is 27.5. The second kappa shape index (κ2) is 11.9. The Hall–Kier alpha value is -6.91. The van der Waals surface area contributed by atoms with Gasteiger partial charge in [-0.2, -0.15) is 0 Å². The zero-order chi connectivity index (χ0) is 33.7. The first-order valence-electron chi connectivity index (χ1n) is 17.1. The van der Waals surface area contributed by atoms with Gasteiger partial charge in [-0.1, -0.05) is 103 Å². The minimum Gasteiger partial charge on any atom is -0.456 e. The van der Waals surface area contributed by atoms with Gasteiger partial charge in [0.1, 0.15) is 23.0 Å². The highest BCUT2D eigenvalue weighted by molar-refractivity contribution is 6.10. The van der Waals surface area contributed by atoms with Gasteiger partial charge < -0.3 is 14.0 Å². The number of para-hydroxylation sites is 4. The maximum absolute atomic E-state index is 6.97. The molecule has 2 aromatic heterocycles. The molecule has 0 unspecified atom stereocenters. The molecule has 0 fully saturated rings. The molecule has 0 bridgehead atoms. The molecule has 4 heteroatoms. The Labute approximate surface area is 295 Å². The Morgan fingerprint density at radius 2 is 0.922 bits per heavy atom. The average molecular weight is 655 g/mol. The molecule has 3 heterocycles. The number of fused-ring (bicyclic) bond motifs is 9. The third kappa shape index (κ3) is 4.96. The molecule has 0 N–H and O–H groups in total. The molecular weight excluding hydrogens is 625 g/mol. The van der Waals surface area contributed by atoms with Gasteiger partial charge in [0.25, 0.3) is 0 Å². The quantitative estimate of drug-likeness (QED) is 0.190. The van der Waals surface area contributed by atoms with Crippen LogP contribution in [0.1, 0.15) is 0 Å². The molecule has 1 aliphatic rings. The average Bonchev–Trinajstić information content (AvgIpc) is 3.53. The molecule has 0 aliphatic carbocycles. The van der Waals surface area contributed by atoms with Crippen LogP contribution in [0, 0.1) is 0 Å². The Balaban J connectivity index is 1.18. The van der Waals surface area contributed by atoms with Crippen LogP contribution in [0.3, 0.4) is 0 Å². The Kier molecular flexibility index (Phi) is 6.78. The fourth-order valence-corrected chi connectivity index (χ4v) is 7.35. The number of pyridine rings is 1. The summed E-state index contributed by atoms with van der Waals surface area (Å²) in [5.41, 5.74) is 11.5. The molecule has 51 heavy (non-hydrogen) atoms. The fraction of sp³-hybridized carbons (Fsp3) is 0. The van der Waals surface area contributed by atoms with Crippen LogP contribution in [0.15, 0.2) is 182 Å². The molecule has 0 saturated heterocycles. The van der Waals surface area contributed by atoms with E-state index in [1.807, 2.05) is 48.7 Å². The highest BCUT2D eigenvalue weighted by Crippen LogP contribution is 2.48. The topological polar surface area (TPSA) is 36.3 Å². The van der Waals surface area contributed by atoms with Gasteiger partial charge in [0, 0.05) is 56.7 Å². The largest absolute Gasteiger partial charge is 0.456 e. The smallest absolute Gasteiger partial charge is 0.136 e. The Morgan fingerprint density at radius 1 is 0.373 bits per heavy atom. The standard InChI is InChI=1S/C47H30N2O2/c1-2-12-35(13-3-1)49-42-17-7-4-14-36(42)37-23-20-31(27-43(37)49)32-21-24-40-41-25-22-33(34-11-10-26-48-30-34)29-47(41)51-45-19-9-6-16-39(45)38-15-5-8-18-44(38)50-46(40)28-32/h1-30H. The van der Waals surface area contributed by atoms with Gasteiger partial charge in [-0.15, -0.1) is 0 Å². The van der Waals surface area contributed by atoms with Gasteiger partial charge in [0.15, 0.2) is 0 Å². The van der Waals surface area contributed by atoms with E-state index in [-0.39, 0.29) is 0 Å². The first-order chi connectivity index (χ1) is 25.3. The van der Waals surface area contributed by atoms with Crippen LogP contribution >= 0.6 is 0 Å². The van der Waals surface area contributed by atoms with Crippen LogP contribution < -0.4 is 9.47 Å². The first kappa shape index (κ1) is 29.0. The lowest BCUT2D eigenvalue weighted by molar-refractivity contribution is 0.472. The minimum absolute atomic E-state index is 0.745. The van der Waals surface area contributed by atoms with Crippen molar-refractivity contribution < 1.29 is 9.47 Å². The summed E-state index contributed by atoms with van der Waals surface area (Å²) < 4.78 is 16.2. The summed E-state index contributed by atoms with van der Waals surface area (Å²) in [5, 5.41) is 2.45. The lowest BCUT2D eigenvalue weighted by Crippen LogP contribution is -1.98.